The molecule has 0 saturated heterocycles. The third-order valence-corrected chi connectivity index (χ3v) is 6.75. The molecule has 3 heterocycles. The number of nitrogen functional groups attached to an aromatic ring is 1. The summed E-state index contributed by atoms with van der Waals surface area (Å²) in [4.78, 5) is 12.5. The number of benzene rings is 2. The van der Waals surface area contributed by atoms with E-state index in [1.165, 1.54) is 17.7 Å². The Balaban J connectivity index is 1.10. The molecule has 3 aromatic heterocycles. The molecule has 3 N–H and O–H groups in total. The molecular formula is C22H20N8OS2. The van der Waals surface area contributed by atoms with Crippen LogP contribution in [0.1, 0.15) is 6.42 Å². The lowest BCUT2D eigenvalue weighted by atomic mass is 10.3. The molecule has 5 rings (SSSR count). The van der Waals surface area contributed by atoms with E-state index < -0.39 is 0 Å². The molecule has 0 radical (unpaired) electrons. The molecule has 9 nitrogen and oxygen atoms in total. The van der Waals surface area contributed by atoms with Crippen molar-refractivity contribution in [1.82, 2.24) is 29.7 Å². The third-order valence-electron chi connectivity index (χ3n) is 4.69. The molecule has 33 heavy (non-hydrogen) atoms. The number of hydrogen-bond donors (Lipinski definition) is 2. The van der Waals surface area contributed by atoms with Crippen molar-refractivity contribution in [3.8, 4) is 11.5 Å². The molecule has 166 valence electrons. The summed E-state index contributed by atoms with van der Waals surface area (Å²) in [7, 11) is 0. The molecule has 0 fully saturated rings. The molecule has 0 atom stereocenters. The number of hydrogen-bond acceptors (Lipinski definition) is 10. The fraction of sp³-hybridized carbons (Fsp3) is 0.136. The van der Waals surface area contributed by atoms with Gasteiger partial charge in [-0.1, -0.05) is 41.3 Å². The van der Waals surface area contributed by atoms with E-state index >= 15 is 0 Å². The van der Waals surface area contributed by atoms with Crippen LogP contribution in [0, 0.1) is 0 Å². The standard InChI is InChI=1S/C22H20N8OS2/c23-19-18-20(25-13-24-19)30(14-26-18)11-4-12-32-22-29-28-21(33-22)27-15-7-9-17(10-8-15)31-16-5-2-1-3-6-16/h1-3,5-10,13-14H,4,11-12H2,(H,27,28)(H2,23,24,25). The molecule has 0 spiro atoms. The predicted octanol–water partition coefficient (Wildman–Crippen LogP) is 4.98. The van der Waals surface area contributed by atoms with Crippen molar-refractivity contribution >= 4 is 50.9 Å². The Hall–Kier alpha value is -3.70. The number of nitrogens with zero attached hydrogens (tertiary/aromatic N) is 6. The highest BCUT2D eigenvalue weighted by atomic mass is 32.2. The maximum Gasteiger partial charge on any atom is 0.210 e. The van der Waals surface area contributed by atoms with Gasteiger partial charge in [0, 0.05) is 18.0 Å². The second kappa shape index (κ2) is 9.84. The van der Waals surface area contributed by atoms with Crippen molar-refractivity contribution in [1.29, 1.82) is 0 Å². The Kier molecular flexibility index (Phi) is 6.31. The zero-order chi connectivity index (χ0) is 22.5. The monoisotopic (exact) mass is 476 g/mol. The summed E-state index contributed by atoms with van der Waals surface area (Å²) in [5.41, 5.74) is 8.17. The number of imidazole rings is 1. The topological polar surface area (TPSA) is 117 Å². The van der Waals surface area contributed by atoms with Gasteiger partial charge < -0.3 is 20.4 Å². The number of para-hydroxylation sites is 1. The summed E-state index contributed by atoms with van der Waals surface area (Å²) < 4.78 is 8.74. The summed E-state index contributed by atoms with van der Waals surface area (Å²) in [6, 6.07) is 17.5. The van der Waals surface area contributed by atoms with Crippen molar-refractivity contribution in [2.75, 3.05) is 16.8 Å². The van der Waals surface area contributed by atoms with Gasteiger partial charge in [0.1, 0.15) is 23.3 Å². The quantitative estimate of drug-likeness (QED) is 0.224. The van der Waals surface area contributed by atoms with E-state index in [-0.39, 0.29) is 0 Å². The molecule has 2 aromatic carbocycles. The number of ether oxygens (including phenoxy) is 1. The molecule has 0 amide bonds. The molecule has 11 heteroatoms. The second-order valence-corrected chi connectivity index (χ2v) is 9.33. The van der Waals surface area contributed by atoms with Crippen LogP contribution in [0.25, 0.3) is 11.2 Å². The largest absolute Gasteiger partial charge is 0.457 e. The van der Waals surface area contributed by atoms with Crippen LogP contribution in [0.3, 0.4) is 0 Å². The van der Waals surface area contributed by atoms with Crippen LogP contribution in [-0.4, -0.2) is 35.5 Å². The van der Waals surface area contributed by atoms with E-state index in [1.807, 2.05) is 59.2 Å². The summed E-state index contributed by atoms with van der Waals surface area (Å²) in [5, 5.41) is 12.6. The molecule has 0 aliphatic heterocycles. The third kappa shape index (κ3) is 5.21. The number of nitrogens with one attached hydrogen (secondary N) is 1. The zero-order valence-corrected chi connectivity index (χ0v) is 19.1. The van der Waals surface area contributed by atoms with E-state index in [0.29, 0.717) is 11.3 Å². The van der Waals surface area contributed by atoms with E-state index in [2.05, 4.69) is 30.5 Å². The van der Waals surface area contributed by atoms with Crippen molar-refractivity contribution in [3.05, 3.63) is 67.3 Å². The van der Waals surface area contributed by atoms with E-state index in [1.54, 1.807) is 18.1 Å². The maximum absolute atomic E-state index is 5.84. The van der Waals surface area contributed by atoms with Gasteiger partial charge in [0.05, 0.1) is 6.33 Å². The fourth-order valence-electron chi connectivity index (χ4n) is 3.13. The van der Waals surface area contributed by atoms with Gasteiger partial charge in [-0.2, -0.15) is 0 Å². The molecule has 0 saturated carbocycles. The Morgan fingerprint density at radius 3 is 2.64 bits per heavy atom. The van der Waals surface area contributed by atoms with Crippen LogP contribution < -0.4 is 15.8 Å². The number of aryl methyl sites for hydroxylation is 1. The predicted molar refractivity (Wildman–Crippen MR) is 131 cm³/mol. The number of rotatable bonds is 9. The molecule has 0 aliphatic rings. The zero-order valence-electron chi connectivity index (χ0n) is 17.5. The number of thioether (sulfide) groups is 1. The maximum atomic E-state index is 5.84. The Bertz CT molecular complexity index is 1340. The first-order chi connectivity index (χ1) is 16.2. The fourth-order valence-corrected chi connectivity index (χ4v) is 4.90. The molecular weight excluding hydrogens is 456 g/mol. The van der Waals surface area contributed by atoms with Gasteiger partial charge in [0.15, 0.2) is 15.8 Å². The Labute approximate surface area is 198 Å². The van der Waals surface area contributed by atoms with Crippen LogP contribution in [0.15, 0.2) is 71.6 Å². The lowest BCUT2D eigenvalue weighted by Gasteiger charge is -2.06. The summed E-state index contributed by atoms with van der Waals surface area (Å²) in [6.45, 7) is 0.793. The van der Waals surface area contributed by atoms with Gasteiger partial charge in [-0.15, -0.1) is 10.2 Å². The minimum Gasteiger partial charge on any atom is -0.457 e. The van der Waals surface area contributed by atoms with E-state index in [0.717, 1.165) is 51.0 Å². The average Bonchev–Trinajstić information content (AvgIpc) is 3.46. The number of fused-ring (bicyclic) bond motifs is 1. The van der Waals surface area contributed by atoms with Crippen molar-refractivity contribution in [2.24, 2.45) is 0 Å². The lowest BCUT2D eigenvalue weighted by molar-refractivity contribution is 0.483. The molecule has 0 aliphatic carbocycles. The number of anilines is 3. The Morgan fingerprint density at radius 1 is 0.970 bits per heavy atom. The highest BCUT2D eigenvalue weighted by molar-refractivity contribution is 8.01. The smallest absolute Gasteiger partial charge is 0.210 e. The first-order valence-corrected chi connectivity index (χ1v) is 12.0. The second-order valence-electron chi connectivity index (χ2n) is 7.01. The van der Waals surface area contributed by atoms with E-state index in [4.69, 9.17) is 10.5 Å². The van der Waals surface area contributed by atoms with Gasteiger partial charge in [-0.3, -0.25) is 0 Å². The Morgan fingerprint density at radius 2 is 1.79 bits per heavy atom. The number of nitrogens with two attached hydrogens (primary N) is 1. The average molecular weight is 477 g/mol. The normalized spacial score (nSPS) is 11.0. The SMILES string of the molecule is Nc1ncnc2c1ncn2CCCSc1nnc(Nc2ccc(Oc3ccccc3)cc2)s1. The molecule has 5 aromatic rings. The molecule has 0 unspecified atom stereocenters. The van der Waals surface area contributed by atoms with Gasteiger partial charge >= 0.3 is 0 Å². The lowest BCUT2D eigenvalue weighted by Crippen LogP contribution is -2.00. The minimum atomic E-state index is 0.403. The first kappa shape index (κ1) is 21.2. The van der Waals surface area contributed by atoms with Crippen molar-refractivity contribution in [2.45, 2.75) is 17.3 Å². The highest BCUT2D eigenvalue weighted by Crippen LogP contribution is 2.29. The van der Waals surface area contributed by atoms with E-state index in [9.17, 15) is 0 Å². The summed E-state index contributed by atoms with van der Waals surface area (Å²) in [5.74, 6) is 2.89. The van der Waals surface area contributed by atoms with Gasteiger partial charge in [0.25, 0.3) is 0 Å². The summed E-state index contributed by atoms with van der Waals surface area (Å²) >= 11 is 3.21. The summed E-state index contributed by atoms with van der Waals surface area (Å²) in [6.07, 6.45) is 4.15. The van der Waals surface area contributed by atoms with Crippen LogP contribution >= 0.6 is 23.1 Å². The highest BCUT2D eigenvalue weighted by Gasteiger charge is 2.09. The van der Waals surface area contributed by atoms with Crippen LogP contribution in [0.5, 0.6) is 11.5 Å². The first-order valence-electron chi connectivity index (χ1n) is 10.2. The molecule has 0 bridgehead atoms. The van der Waals surface area contributed by atoms with Gasteiger partial charge in [0.2, 0.25) is 5.13 Å². The van der Waals surface area contributed by atoms with Crippen molar-refractivity contribution < 1.29 is 4.74 Å². The minimum absolute atomic E-state index is 0.403. The van der Waals surface area contributed by atoms with Crippen molar-refractivity contribution in [3.63, 3.8) is 0 Å². The van der Waals surface area contributed by atoms with Crippen LogP contribution in [0.4, 0.5) is 16.6 Å². The van der Waals surface area contributed by atoms with Gasteiger partial charge in [-0.25, -0.2) is 15.0 Å². The van der Waals surface area contributed by atoms with Crippen LogP contribution in [0.2, 0.25) is 0 Å². The number of aromatic nitrogens is 6. The van der Waals surface area contributed by atoms with Crippen LogP contribution in [-0.2, 0) is 6.54 Å². The van der Waals surface area contributed by atoms with Gasteiger partial charge in [-0.05, 0) is 42.8 Å².